The zero-order valence-electron chi connectivity index (χ0n) is 40.8. The van der Waals surface area contributed by atoms with Gasteiger partial charge >= 0.3 is 0 Å². The number of hydrogen-bond acceptors (Lipinski definition) is 3. The minimum absolute atomic E-state index is 0.0382. The largest absolute Gasteiger partial charge is 0.311 e. The average Bonchev–Trinajstić information content (AvgIpc) is 3.87. The van der Waals surface area contributed by atoms with Crippen molar-refractivity contribution >= 4 is 88.7 Å². The van der Waals surface area contributed by atoms with Crippen molar-refractivity contribution in [2.45, 2.75) is 57.8 Å². The SMILES string of the molecule is CCc1ccc(-c2ccc3c(c2)B2c4cccc5c4N(c4ccccc4C54C5CC6CC7CC5C4(C7)C6)c4cc(-c5cccc(-c6ccc7sc8ccccc8c7c6)c5)cc(c42)N3c2ccccc2C)cc1. The molecule has 4 heteroatoms. The van der Waals surface area contributed by atoms with Gasteiger partial charge in [0.15, 0.2) is 0 Å². The topological polar surface area (TPSA) is 6.48 Å². The van der Waals surface area contributed by atoms with Crippen LogP contribution in [0.5, 0.6) is 0 Å². The molecule has 4 bridgehead atoms. The number of para-hydroxylation sites is 3. The first kappa shape index (κ1) is 40.5. The Hall–Kier alpha value is -7.14. The number of benzene rings is 9. The normalized spacial score (nSPS) is 24.1. The lowest BCUT2D eigenvalue weighted by molar-refractivity contribution is -0.178. The van der Waals surface area contributed by atoms with Gasteiger partial charge in [-0.2, -0.15) is 0 Å². The summed E-state index contributed by atoms with van der Waals surface area (Å²) in [5.74, 6) is 3.32. The van der Waals surface area contributed by atoms with Crippen LogP contribution in [-0.4, -0.2) is 6.71 Å². The summed E-state index contributed by atoms with van der Waals surface area (Å²) in [6.45, 7) is 4.58. The summed E-state index contributed by atoms with van der Waals surface area (Å²) in [5, 5.41) is 2.68. The van der Waals surface area contributed by atoms with E-state index in [0.29, 0.717) is 11.3 Å². The zero-order chi connectivity index (χ0) is 47.2. The quantitative estimate of drug-likeness (QED) is 0.159. The van der Waals surface area contributed by atoms with E-state index >= 15 is 0 Å². The molecule has 9 aromatic carbocycles. The zero-order valence-corrected chi connectivity index (χ0v) is 41.6. The molecule has 18 rings (SSSR count). The summed E-state index contributed by atoms with van der Waals surface area (Å²) < 4.78 is 2.68. The van der Waals surface area contributed by atoms with Gasteiger partial charge in [-0.15, -0.1) is 11.3 Å². The molecule has 5 fully saturated rings. The minimum Gasteiger partial charge on any atom is -0.311 e. The van der Waals surface area contributed by atoms with Gasteiger partial charge in [-0.1, -0.05) is 140 Å². The fourth-order valence-electron chi connectivity index (χ4n) is 17.3. The van der Waals surface area contributed by atoms with Gasteiger partial charge in [-0.05, 0) is 201 Å². The van der Waals surface area contributed by atoms with Crippen LogP contribution in [0.15, 0.2) is 188 Å². The van der Waals surface area contributed by atoms with Crippen molar-refractivity contribution in [3.8, 4) is 33.4 Å². The van der Waals surface area contributed by atoms with Gasteiger partial charge < -0.3 is 9.80 Å². The van der Waals surface area contributed by atoms with Crippen molar-refractivity contribution in [3.05, 3.63) is 210 Å². The van der Waals surface area contributed by atoms with E-state index in [2.05, 4.69) is 212 Å². The molecule has 1 aromatic heterocycles. The second kappa shape index (κ2) is 14.3. The van der Waals surface area contributed by atoms with Crippen LogP contribution in [0, 0.1) is 36.0 Å². The van der Waals surface area contributed by atoms with Crippen LogP contribution in [0.25, 0.3) is 53.6 Å². The van der Waals surface area contributed by atoms with E-state index < -0.39 is 0 Å². The van der Waals surface area contributed by atoms with E-state index in [1.807, 2.05) is 11.3 Å². The van der Waals surface area contributed by atoms with Gasteiger partial charge in [0.2, 0.25) is 0 Å². The molecule has 6 unspecified atom stereocenters. The van der Waals surface area contributed by atoms with E-state index in [1.165, 1.54) is 147 Å². The molecule has 3 aliphatic heterocycles. The van der Waals surface area contributed by atoms with E-state index in [-0.39, 0.29) is 12.1 Å². The molecule has 10 aromatic rings. The molecule has 2 spiro atoms. The predicted octanol–water partition coefficient (Wildman–Crippen LogP) is 16.1. The molecular formula is C68H53BN2S. The highest BCUT2D eigenvalue weighted by atomic mass is 32.1. The summed E-state index contributed by atoms with van der Waals surface area (Å²) in [7, 11) is 0. The Morgan fingerprint density at radius 2 is 1.15 bits per heavy atom. The molecular weight excluding hydrogens is 888 g/mol. The van der Waals surface area contributed by atoms with E-state index in [9.17, 15) is 0 Å². The first-order valence-electron chi connectivity index (χ1n) is 26.8. The molecule has 72 heavy (non-hydrogen) atoms. The van der Waals surface area contributed by atoms with Crippen LogP contribution in [0.4, 0.5) is 34.1 Å². The number of nitrogens with zero attached hydrogens (tertiary/aromatic N) is 2. The highest BCUT2D eigenvalue weighted by Gasteiger charge is 2.80. The number of aryl methyl sites for hydroxylation is 2. The van der Waals surface area contributed by atoms with Crippen molar-refractivity contribution in [1.29, 1.82) is 0 Å². The third-order valence-electron chi connectivity index (χ3n) is 19.7. The summed E-state index contributed by atoms with van der Waals surface area (Å²) in [4.78, 5) is 5.41. The Bertz CT molecular complexity index is 4000. The molecule has 0 N–H and O–H groups in total. The summed E-state index contributed by atoms with van der Waals surface area (Å²) in [6, 6.07) is 73.6. The maximum atomic E-state index is 2.78. The van der Waals surface area contributed by atoms with Crippen LogP contribution in [0.1, 0.15) is 61.3 Å². The third-order valence-corrected chi connectivity index (χ3v) is 20.9. The van der Waals surface area contributed by atoms with Crippen molar-refractivity contribution < 1.29 is 0 Å². The minimum atomic E-state index is 0.0382. The molecule has 6 atom stereocenters. The standard InChI is InChI=1S/C68H53BN2S/c1-3-41-22-24-44(25-23-41)48-26-28-60-57(35-48)69-56-18-11-17-53-66(56)71(59-20-8-6-16-52(59)68(53)55-32-43-30-42-31-54(55)67(68,38-42)39-43)62-37-49(36-61(65(62)69)70(60)58-19-7-4-12-40(58)2)46-14-10-13-45(33-46)47-27-29-64-51(34-47)50-15-5-9-21-63(50)72-64/h4-29,33-37,42-43,54-55H,3,30-32,38-39H2,1-2H3. The van der Waals surface area contributed by atoms with E-state index in [0.717, 1.165) is 24.2 Å². The van der Waals surface area contributed by atoms with Gasteiger partial charge in [0.05, 0.1) is 5.69 Å². The average molecular weight is 941 g/mol. The van der Waals surface area contributed by atoms with Gasteiger partial charge in [-0.25, -0.2) is 0 Å². The smallest absolute Gasteiger partial charge is 0.252 e. The Labute approximate surface area is 426 Å². The second-order valence-electron chi connectivity index (χ2n) is 22.8. The molecule has 8 aliphatic rings. The van der Waals surface area contributed by atoms with E-state index in [1.54, 1.807) is 11.1 Å². The number of anilines is 6. The maximum absolute atomic E-state index is 2.78. The molecule has 0 saturated heterocycles. The van der Waals surface area contributed by atoms with Crippen LogP contribution in [0.3, 0.4) is 0 Å². The molecule has 0 amide bonds. The van der Waals surface area contributed by atoms with Crippen LogP contribution >= 0.6 is 11.3 Å². The fraction of sp³-hybridized carbons (Fsp3) is 0.206. The lowest BCUT2D eigenvalue weighted by Gasteiger charge is -2.75. The van der Waals surface area contributed by atoms with Crippen molar-refractivity contribution in [3.63, 3.8) is 0 Å². The molecule has 0 radical (unpaired) electrons. The molecule has 344 valence electrons. The Morgan fingerprint density at radius 1 is 0.486 bits per heavy atom. The van der Waals surface area contributed by atoms with Gasteiger partial charge in [-0.3, -0.25) is 0 Å². The number of rotatable bonds is 5. The predicted molar refractivity (Wildman–Crippen MR) is 304 cm³/mol. The third kappa shape index (κ3) is 5.02. The monoisotopic (exact) mass is 940 g/mol. The molecule has 5 saturated carbocycles. The summed E-state index contributed by atoms with van der Waals surface area (Å²) in [5.41, 5.74) is 26.0. The lowest BCUT2D eigenvalue weighted by Crippen LogP contribution is -2.72. The highest BCUT2D eigenvalue weighted by Crippen LogP contribution is 2.85. The lowest BCUT2D eigenvalue weighted by atomic mass is 9.27. The van der Waals surface area contributed by atoms with Gasteiger partial charge in [0.1, 0.15) is 0 Å². The molecule has 5 aliphatic carbocycles. The van der Waals surface area contributed by atoms with Crippen LogP contribution < -0.4 is 26.2 Å². The number of hydrogen-bond donors (Lipinski definition) is 0. The molecule has 2 nitrogen and oxygen atoms in total. The van der Waals surface area contributed by atoms with Crippen molar-refractivity contribution in [2.75, 3.05) is 9.80 Å². The first-order valence-corrected chi connectivity index (χ1v) is 27.6. The molecule has 4 heterocycles. The number of fused-ring (bicyclic) bond motifs is 10. The Balaban J connectivity index is 0.942. The number of thiophene rings is 1. The summed E-state index contributed by atoms with van der Waals surface area (Å²) >= 11 is 1.89. The maximum Gasteiger partial charge on any atom is 0.252 e. The van der Waals surface area contributed by atoms with Crippen LogP contribution in [0.2, 0.25) is 0 Å². The van der Waals surface area contributed by atoms with Crippen LogP contribution in [-0.2, 0) is 11.8 Å². The summed E-state index contributed by atoms with van der Waals surface area (Å²) in [6.07, 6.45) is 8.13. The van der Waals surface area contributed by atoms with E-state index in [4.69, 9.17) is 0 Å². The van der Waals surface area contributed by atoms with Crippen molar-refractivity contribution in [2.24, 2.45) is 29.1 Å². The highest BCUT2D eigenvalue weighted by molar-refractivity contribution is 7.25. The Morgan fingerprint density at radius 3 is 2.00 bits per heavy atom. The second-order valence-corrected chi connectivity index (χ2v) is 23.9. The first-order chi connectivity index (χ1) is 35.5. The Kier molecular flexibility index (Phi) is 8.03. The van der Waals surface area contributed by atoms with Gasteiger partial charge in [0.25, 0.3) is 6.71 Å². The fourth-order valence-corrected chi connectivity index (χ4v) is 18.4. The van der Waals surface area contributed by atoms with Crippen molar-refractivity contribution in [1.82, 2.24) is 0 Å². The van der Waals surface area contributed by atoms with Gasteiger partial charge in [0, 0.05) is 54.0 Å².